The van der Waals surface area contributed by atoms with Crippen molar-refractivity contribution in [2.75, 3.05) is 0 Å². The van der Waals surface area contributed by atoms with E-state index in [1.165, 1.54) is 0 Å². The average molecular weight is 182 g/mol. The highest BCUT2D eigenvalue weighted by Crippen LogP contribution is 2.55. The molecule has 1 aliphatic rings. The maximum absolute atomic E-state index is 12.2. The molecule has 0 atom stereocenters. The lowest BCUT2D eigenvalue weighted by Crippen LogP contribution is -2.53. The molecule has 1 aliphatic carbocycles. The van der Waals surface area contributed by atoms with Crippen molar-refractivity contribution in [3.8, 4) is 0 Å². The molecule has 2 nitrogen and oxygen atoms in total. The molecule has 0 aromatic carbocycles. The summed E-state index contributed by atoms with van der Waals surface area (Å²) >= 11 is 0. The van der Waals surface area contributed by atoms with Gasteiger partial charge in [0.25, 0.3) is 0 Å². The van der Waals surface area contributed by atoms with E-state index in [4.69, 9.17) is 5.11 Å². The zero-order valence-electron chi connectivity index (χ0n) is 6.48. The highest BCUT2D eigenvalue weighted by Gasteiger charge is 2.66. The van der Waals surface area contributed by atoms with Crippen LogP contribution in [0.4, 0.5) is 13.2 Å². The monoisotopic (exact) mass is 182 g/mol. The highest BCUT2D eigenvalue weighted by atomic mass is 19.4. The minimum Gasteiger partial charge on any atom is -0.481 e. The van der Waals surface area contributed by atoms with Gasteiger partial charge < -0.3 is 5.11 Å². The Morgan fingerprint density at radius 3 is 2.00 bits per heavy atom. The summed E-state index contributed by atoms with van der Waals surface area (Å²) in [6, 6.07) is 0. The number of alkyl halides is 3. The lowest BCUT2D eigenvalue weighted by molar-refractivity contribution is -0.261. The molecule has 70 valence electrons. The van der Waals surface area contributed by atoms with Crippen LogP contribution in [0.25, 0.3) is 0 Å². The quantitative estimate of drug-likeness (QED) is 0.673. The third kappa shape index (κ3) is 1.07. The molecule has 1 fully saturated rings. The molecule has 1 rings (SSSR count). The Bertz CT molecular complexity index is 203. The molecule has 0 amide bonds. The third-order valence-electron chi connectivity index (χ3n) is 2.35. The number of halogens is 3. The number of hydrogen-bond donors (Lipinski definition) is 1. The molecular formula is C7H9F3O2. The van der Waals surface area contributed by atoms with Crippen molar-refractivity contribution in [2.45, 2.75) is 25.9 Å². The Balaban J connectivity index is 2.84. The molecule has 0 aromatic heterocycles. The molecule has 0 aliphatic heterocycles. The molecule has 12 heavy (non-hydrogen) atoms. The van der Waals surface area contributed by atoms with Gasteiger partial charge in [0.2, 0.25) is 0 Å². The predicted octanol–water partition coefficient (Wildman–Crippen LogP) is 2.05. The molecule has 0 bridgehead atoms. The van der Waals surface area contributed by atoms with E-state index >= 15 is 0 Å². The molecule has 1 saturated carbocycles. The van der Waals surface area contributed by atoms with Crippen LogP contribution in [0.15, 0.2) is 0 Å². The first-order valence-corrected chi connectivity index (χ1v) is 3.60. The van der Waals surface area contributed by atoms with Gasteiger partial charge in [0, 0.05) is 0 Å². The van der Waals surface area contributed by atoms with E-state index in [0.29, 0.717) is 0 Å². The fourth-order valence-corrected chi connectivity index (χ4v) is 1.66. The Morgan fingerprint density at radius 2 is 1.92 bits per heavy atom. The maximum Gasteiger partial charge on any atom is 0.404 e. The number of carboxylic acid groups (broad SMARTS) is 1. The lowest BCUT2D eigenvalue weighted by Gasteiger charge is -2.43. The number of hydrogen-bond acceptors (Lipinski definition) is 1. The van der Waals surface area contributed by atoms with Gasteiger partial charge in [-0.2, -0.15) is 13.2 Å². The molecule has 0 spiro atoms. The first kappa shape index (κ1) is 9.35. The molecule has 0 heterocycles. The van der Waals surface area contributed by atoms with Gasteiger partial charge in [-0.05, 0) is 18.8 Å². The van der Waals surface area contributed by atoms with E-state index in [0.717, 1.165) is 0 Å². The van der Waals surface area contributed by atoms with Crippen molar-refractivity contribution in [3.63, 3.8) is 0 Å². The van der Waals surface area contributed by atoms with Crippen molar-refractivity contribution >= 4 is 5.97 Å². The Hall–Kier alpha value is -0.740. The van der Waals surface area contributed by atoms with Gasteiger partial charge in [0.05, 0.1) is 0 Å². The molecule has 0 saturated heterocycles. The van der Waals surface area contributed by atoms with Crippen molar-refractivity contribution in [1.29, 1.82) is 0 Å². The minimum atomic E-state index is -4.61. The van der Waals surface area contributed by atoms with E-state index in [9.17, 15) is 18.0 Å². The van der Waals surface area contributed by atoms with Crippen LogP contribution in [-0.4, -0.2) is 17.3 Å². The minimum absolute atomic E-state index is 0.136. The summed E-state index contributed by atoms with van der Waals surface area (Å²) in [4.78, 5) is 10.4. The summed E-state index contributed by atoms with van der Waals surface area (Å²) in [5, 5.41) is 8.42. The van der Waals surface area contributed by atoms with Crippen LogP contribution in [0.2, 0.25) is 0 Å². The fourth-order valence-electron chi connectivity index (χ4n) is 1.66. The summed E-state index contributed by atoms with van der Waals surface area (Å²) in [5.74, 6) is -1.88. The summed E-state index contributed by atoms with van der Waals surface area (Å²) in [6.07, 6.45) is -5.18. The van der Waals surface area contributed by atoms with E-state index in [1.54, 1.807) is 6.92 Å². The third-order valence-corrected chi connectivity index (χ3v) is 2.35. The van der Waals surface area contributed by atoms with E-state index in [2.05, 4.69) is 0 Å². The van der Waals surface area contributed by atoms with Gasteiger partial charge in [0.1, 0.15) is 0 Å². The van der Waals surface area contributed by atoms with Gasteiger partial charge in [-0.3, -0.25) is 4.79 Å². The topological polar surface area (TPSA) is 37.3 Å². The molecule has 0 aromatic rings. The molecule has 5 heteroatoms. The van der Waals surface area contributed by atoms with Gasteiger partial charge >= 0.3 is 12.1 Å². The van der Waals surface area contributed by atoms with Crippen molar-refractivity contribution in [3.05, 3.63) is 0 Å². The van der Waals surface area contributed by atoms with Crippen LogP contribution in [0.5, 0.6) is 0 Å². The SMILES string of the molecule is CC1CC(C(=O)O)(C(F)(F)F)C1. The number of carboxylic acids is 1. The maximum atomic E-state index is 12.2. The number of carbonyl (C=O) groups is 1. The van der Waals surface area contributed by atoms with Gasteiger partial charge in [-0.25, -0.2) is 0 Å². The van der Waals surface area contributed by atoms with E-state index in [-0.39, 0.29) is 18.8 Å². The molecule has 1 N–H and O–H groups in total. The summed E-state index contributed by atoms with van der Waals surface area (Å²) in [7, 11) is 0. The smallest absolute Gasteiger partial charge is 0.404 e. The van der Waals surface area contributed by atoms with Gasteiger partial charge in [-0.15, -0.1) is 0 Å². The van der Waals surface area contributed by atoms with Crippen molar-refractivity contribution in [1.82, 2.24) is 0 Å². The van der Waals surface area contributed by atoms with Crippen LogP contribution in [0, 0.1) is 11.3 Å². The molecule has 0 radical (unpaired) electrons. The van der Waals surface area contributed by atoms with Crippen LogP contribution < -0.4 is 0 Å². The van der Waals surface area contributed by atoms with Crippen LogP contribution in [0.1, 0.15) is 19.8 Å². The number of rotatable bonds is 1. The molecule has 0 unspecified atom stereocenters. The summed E-state index contributed by atoms with van der Waals surface area (Å²) in [6.45, 7) is 1.62. The Morgan fingerprint density at radius 1 is 1.50 bits per heavy atom. The lowest BCUT2D eigenvalue weighted by atomic mass is 9.62. The second-order valence-corrected chi connectivity index (χ2v) is 3.40. The summed E-state index contributed by atoms with van der Waals surface area (Å²) < 4.78 is 36.6. The summed E-state index contributed by atoms with van der Waals surface area (Å²) in [5.41, 5.74) is -2.45. The standard InChI is InChI=1S/C7H9F3O2/c1-4-2-6(3-4,5(11)12)7(8,9)10/h4H,2-3H2,1H3,(H,11,12). The Kier molecular flexibility index (Phi) is 1.85. The first-order valence-electron chi connectivity index (χ1n) is 3.60. The highest BCUT2D eigenvalue weighted by molar-refractivity contribution is 5.77. The second kappa shape index (κ2) is 2.37. The van der Waals surface area contributed by atoms with Crippen molar-refractivity contribution in [2.24, 2.45) is 11.3 Å². The van der Waals surface area contributed by atoms with Gasteiger partial charge in [0.15, 0.2) is 5.41 Å². The predicted molar refractivity (Wildman–Crippen MR) is 34.5 cm³/mol. The first-order chi connectivity index (χ1) is 5.29. The van der Waals surface area contributed by atoms with Crippen molar-refractivity contribution < 1.29 is 23.1 Å². The van der Waals surface area contributed by atoms with Crippen LogP contribution in [0.3, 0.4) is 0 Å². The second-order valence-electron chi connectivity index (χ2n) is 3.40. The van der Waals surface area contributed by atoms with Crippen LogP contribution >= 0.6 is 0 Å². The zero-order chi connectivity index (χ0) is 9.57. The largest absolute Gasteiger partial charge is 0.481 e. The fraction of sp³-hybridized carbons (Fsp3) is 0.857. The average Bonchev–Trinajstić information content (AvgIpc) is 1.76. The van der Waals surface area contributed by atoms with Gasteiger partial charge in [-0.1, -0.05) is 6.92 Å². The zero-order valence-corrected chi connectivity index (χ0v) is 6.48. The molecular weight excluding hydrogens is 173 g/mol. The normalized spacial score (nSPS) is 35.8. The van der Waals surface area contributed by atoms with E-state index in [1.807, 2.05) is 0 Å². The number of aliphatic carboxylic acids is 1. The Labute approximate surface area is 67.4 Å². The van der Waals surface area contributed by atoms with Crippen LogP contribution in [-0.2, 0) is 4.79 Å². The van der Waals surface area contributed by atoms with E-state index < -0.39 is 17.6 Å².